The predicted molar refractivity (Wildman–Crippen MR) is 112 cm³/mol. The van der Waals surface area contributed by atoms with Gasteiger partial charge in [-0.3, -0.25) is 4.79 Å². The number of carbonyl (C=O) groups is 1. The summed E-state index contributed by atoms with van der Waals surface area (Å²) in [7, 11) is 0. The Morgan fingerprint density at radius 2 is 1.79 bits per heavy atom. The molecule has 0 atom stereocenters. The summed E-state index contributed by atoms with van der Waals surface area (Å²) in [6, 6.07) is 22.5. The Labute approximate surface area is 171 Å². The third kappa shape index (κ3) is 4.28. The molecule has 0 spiro atoms. The van der Waals surface area contributed by atoms with Crippen molar-refractivity contribution in [3.63, 3.8) is 0 Å². The number of fused-ring (bicyclic) bond motifs is 1. The summed E-state index contributed by atoms with van der Waals surface area (Å²) >= 11 is 1.08. The first-order valence-electron chi connectivity index (χ1n) is 8.90. The number of carboxylic acids is 1. The van der Waals surface area contributed by atoms with Crippen LogP contribution in [0.2, 0.25) is 0 Å². The molecule has 0 fully saturated rings. The molecule has 142 valence electrons. The van der Waals surface area contributed by atoms with Crippen LogP contribution in [0.3, 0.4) is 0 Å². The van der Waals surface area contributed by atoms with Crippen LogP contribution in [-0.4, -0.2) is 32.0 Å². The van der Waals surface area contributed by atoms with Crippen LogP contribution < -0.4 is 0 Å². The smallest absolute Gasteiger partial charge is 0.313 e. The summed E-state index contributed by atoms with van der Waals surface area (Å²) < 4.78 is 0. The summed E-state index contributed by atoms with van der Waals surface area (Å²) in [5.41, 5.74) is 3.71. The Morgan fingerprint density at radius 3 is 2.59 bits per heavy atom. The number of hydrogen-bond donors (Lipinski definition) is 2. The van der Waals surface area contributed by atoms with E-state index < -0.39 is 5.97 Å². The number of nitriles is 1. The molecule has 29 heavy (non-hydrogen) atoms. The van der Waals surface area contributed by atoms with Crippen LogP contribution in [0, 0.1) is 11.3 Å². The second kappa shape index (κ2) is 8.17. The van der Waals surface area contributed by atoms with E-state index in [9.17, 15) is 4.79 Å². The lowest BCUT2D eigenvalue weighted by Gasteiger charge is -2.08. The SMILES string of the molecule is N#CCc1cc(-c2ccc3ccccc3c2)cc(-c2nnc(SCC(=O)O)[nH]2)c1. The lowest BCUT2D eigenvalue weighted by molar-refractivity contribution is -0.133. The topological polar surface area (TPSA) is 103 Å². The van der Waals surface area contributed by atoms with Crippen molar-refractivity contribution >= 4 is 28.5 Å². The monoisotopic (exact) mass is 400 g/mol. The molecule has 6 nitrogen and oxygen atoms in total. The van der Waals surface area contributed by atoms with Gasteiger partial charge in [0, 0.05) is 5.56 Å². The van der Waals surface area contributed by atoms with Crippen LogP contribution >= 0.6 is 11.8 Å². The number of nitrogens with zero attached hydrogens (tertiary/aromatic N) is 3. The van der Waals surface area contributed by atoms with Crippen LogP contribution in [0.4, 0.5) is 0 Å². The molecular weight excluding hydrogens is 384 g/mol. The van der Waals surface area contributed by atoms with Gasteiger partial charge in [0.2, 0.25) is 0 Å². The number of aromatic nitrogens is 3. The summed E-state index contributed by atoms with van der Waals surface area (Å²) in [5, 5.41) is 28.9. The van der Waals surface area contributed by atoms with Gasteiger partial charge in [0.1, 0.15) is 0 Å². The summed E-state index contributed by atoms with van der Waals surface area (Å²) in [4.78, 5) is 13.8. The van der Waals surface area contributed by atoms with Crippen LogP contribution in [0.15, 0.2) is 65.8 Å². The maximum absolute atomic E-state index is 10.7. The number of benzene rings is 3. The van der Waals surface area contributed by atoms with E-state index in [-0.39, 0.29) is 12.2 Å². The van der Waals surface area contributed by atoms with E-state index in [1.807, 2.05) is 30.3 Å². The summed E-state index contributed by atoms with van der Waals surface area (Å²) in [5.74, 6) is -0.465. The molecule has 0 radical (unpaired) electrons. The molecule has 0 saturated heterocycles. The number of thioether (sulfide) groups is 1. The lowest BCUT2D eigenvalue weighted by atomic mass is 9.96. The Bertz CT molecular complexity index is 1240. The van der Waals surface area contributed by atoms with Crippen molar-refractivity contribution in [1.82, 2.24) is 15.2 Å². The van der Waals surface area contributed by atoms with Gasteiger partial charge >= 0.3 is 5.97 Å². The molecule has 1 aromatic heterocycles. The van der Waals surface area contributed by atoms with Gasteiger partial charge in [-0.15, -0.1) is 10.2 Å². The number of H-pyrrole nitrogens is 1. The highest BCUT2D eigenvalue weighted by Gasteiger charge is 2.11. The van der Waals surface area contributed by atoms with Crippen molar-refractivity contribution in [1.29, 1.82) is 5.26 Å². The van der Waals surface area contributed by atoms with Crippen molar-refractivity contribution in [2.45, 2.75) is 11.6 Å². The fourth-order valence-electron chi connectivity index (χ4n) is 3.13. The standard InChI is InChI=1S/C22H16N4O2S/c23-8-7-14-9-18(17-6-5-15-3-1-2-4-16(15)11-17)12-19(10-14)21-24-22(26-25-21)29-13-20(27)28/h1-6,9-12H,7,13H2,(H,27,28)(H,24,25,26). The van der Waals surface area contributed by atoms with Crippen molar-refractivity contribution in [3.8, 4) is 28.6 Å². The van der Waals surface area contributed by atoms with Gasteiger partial charge in [0.05, 0.1) is 18.2 Å². The molecule has 0 bridgehead atoms. The number of carboxylic acid groups (broad SMARTS) is 1. The lowest BCUT2D eigenvalue weighted by Crippen LogP contribution is -1.97. The van der Waals surface area contributed by atoms with E-state index in [0.717, 1.165) is 39.4 Å². The molecule has 0 aliphatic heterocycles. The predicted octanol–water partition coefficient (Wildman–Crippen LogP) is 4.53. The largest absolute Gasteiger partial charge is 0.481 e. The molecule has 4 rings (SSSR count). The Hall–Kier alpha value is -3.63. The third-order valence-corrected chi connectivity index (χ3v) is 5.28. The van der Waals surface area contributed by atoms with Gasteiger partial charge in [-0.05, 0) is 45.7 Å². The first-order chi connectivity index (χ1) is 14.1. The highest BCUT2D eigenvalue weighted by Crippen LogP contribution is 2.30. The maximum atomic E-state index is 10.7. The van der Waals surface area contributed by atoms with Crippen molar-refractivity contribution < 1.29 is 9.90 Å². The van der Waals surface area contributed by atoms with E-state index in [1.54, 1.807) is 0 Å². The fourth-order valence-corrected chi connectivity index (χ4v) is 3.66. The Balaban J connectivity index is 1.74. The molecule has 0 amide bonds. The maximum Gasteiger partial charge on any atom is 0.313 e. The first kappa shape index (κ1) is 18.7. The Morgan fingerprint density at radius 1 is 1.00 bits per heavy atom. The highest BCUT2D eigenvalue weighted by molar-refractivity contribution is 7.99. The van der Waals surface area contributed by atoms with Gasteiger partial charge in [-0.2, -0.15) is 5.26 Å². The minimum Gasteiger partial charge on any atom is -0.481 e. The van der Waals surface area contributed by atoms with Crippen molar-refractivity contribution in [2.75, 3.05) is 5.75 Å². The summed E-state index contributed by atoms with van der Waals surface area (Å²) in [6.45, 7) is 0. The minimum atomic E-state index is -0.914. The highest BCUT2D eigenvalue weighted by atomic mass is 32.2. The quantitative estimate of drug-likeness (QED) is 0.461. The van der Waals surface area contributed by atoms with E-state index in [2.05, 4.69) is 51.6 Å². The number of nitrogens with one attached hydrogen (secondary N) is 1. The summed E-state index contributed by atoms with van der Waals surface area (Å²) in [6.07, 6.45) is 0.281. The third-order valence-electron chi connectivity index (χ3n) is 4.43. The first-order valence-corrected chi connectivity index (χ1v) is 9.89. The number of aliphatic carboxylic acids is 1. The number of aromatic amines is 1. The zero-order valence-corrected chi connectivity index (χ0v) is 16.1. The number of hydrogen-bond acceptors (Lipinski definition) is 5. The molecule has 4 aromatic rings. The molecular formula is C22H16N4O2S. The molecule has 0 aliphatic rings. The average Bonchev–Trinajstić information content (AvgIpc) is 3.21. The zero-order valence-electron chi connectivity index (χ0n) is 15.3. The Kier molecular flexibility index (Phi) is 5.27. The van der Waals surface area contributed by atoms with Gasteiger partial charge < -0.3 is 10.1 Å². The van der Waals surface area contributed by atoms with E-state index >= 15 is 0 Å². The molecule has 0 unspecified atom stereocenters. The zero-order chi connectivity index (χ0) is 20.2. The van der Waals surface area contributed by atoms with Crippen LogP contribution in [0.25, 0.3) is 33.3 Å². The van der Waals surface area contributed by atoms with Gasteiger partial charge in [0.25, 0.3) is 0 Å². The van der Waals surface area contributed by atoms with Crippen LogP contribution in [0.5, 0.6) is 0 Å². The van der Waals surface area contributed by atoms with Gasteiger partial charge in [-0.1, -0.05) is 54.2 Å². The fraction of sp³-hybridized carbons (Fsp3) is 0.0909. The van der Waals surface area contributed by atoms with Gasteiger partial charge in [-0.25, -0.2) is 0 Å². The molecule has 0 aliphatic carbocycles. The molecule has 1 heterocycles. The molecule has 0 saturated carbocycles. The normalized spacial score (nSPS) is 10.7. The van der Waals surface area contributed by atoms with E-state index in [0.29, 0.717) is 11.0 Å². The second-order valence-corrected chi connectivity index (χ2v) is 7.44. The number of rotatable bonds is 6. The van der Waals surface area contributed by atoms with E-state index in [1.165, 1.54) is 5.39 Å². The van der Waals surface area contributed by atoms with Gasteiger partial charge in [0.15, 0.2) is 11.0 Å². The van der Waals surface area contributed by atoms with Crippen molar-refractivity contribution in [3.05, 3.63) is 66.2 Å². The minimum absolute atomic E-state index is 0.0918. The molecule has 3 aromatic carbocycles. The van der Waals surface area contributed by atoms with Crippen molar-refractivity contribution in [2.24, 2.45) is 0 Å². The second-order valence-electron chi connectivity index (χ2n) is 6.48. The average molecular weight is 400 g/mol. The molecule has 7 heteroatoms. The van der Waals surface area contributed by atoms with Crippen LogP contribution in [0.1, 0.15) is 5.56 Å². The van der Waals surface area contributed by atoms with Crippen LogP contribution in [-0.2, 0) is 11.2 Å². The van der Waals surface area contributed by atoms with E-state index in [4.69, 9.17) is 10.4 Å². The molecule has 2 N–H and O–H groups in total.